The van der Waals surface area contributed by atoms with Crippen LogP contribution in [0.3, 0.4) is 0 Å². The molecular weight excluding hydrogens is 267 g/mol. The van der Waals surface area contributed by atoms with Gasteiger partial charge in [-0.25, -0.2) is 0 Å². The first-order valence-corrected chi connectivity index (χ1v) is 5.72. The topological polar surface area (TPSA) is 72.2 Å². The van der Waals surface area contributed by atoms with Crippen molar-refractivity contribution in [2.45, 2.75) is 6.92 Å². The number of rotatable bonds is 3. The molecule has 0 atom stereocenters. The highest BCUT2D eigenvalue weighted by molar-refractivity contribution is 6.25. The number of halogens is 2. The number of nitrogens with one attached hydrogen (secondary N) is 1. The zero-order valence-corrected chi connectivity index (χ0v) is 10.7. The average Bonchev–Trinajstić information content (AvgIpc) is 2.29. The Bertz CT molecular complexity index is 366. The molecule has 1 amide bonds. The number of carbonyl (C=O) groups excluding carboxylic acids is 1. The molecule has 1 N–H and O–H groups in total. The first-order valence-electron chi connectivity index (χ1n) is 4.65. The van der Waals surface area contributed by atoms with Gasteiger partial charge in [-0.15, -0.1) is 23.2 Å². The summed E-state index contributed by atoms with van der Waals surface area (Å²) >= 11 is 10.1. The van der Waals surface area contributed by atoms with E-state index in [1.807, 2.05) is 0 Å². The molecule has 0 fully saturated rings. The molecule has 5 nitrogen and oxygen atoms in total. The van der Waals surface area contributed by atoms with E-state index in [0.29, 0.717) is 17.4 Å². The molecule has 0 saturated carbocycles. The summed E-state index contributed by atoms with van der Waals surface area (Å²) in [6.07, 6.45) is 0. The molecule has 0 radical (unpaired) electrons. The molecule has 7 heteroatoms. The molecule has 1 rings (SSSR count). The summed E-state index contributed by atoms with van der Waals surface area (Å²) in [5.41, 5.74) is 0.562. The second-order valence-electron chi connectivity index (χ2n) is 2.86. The van der Waals surface area contributed by atoms with Crippen LogP contribution in [0.1, 0.15) is 6.92 Å². The van der Waals surface area contributed by atoms with Gasteiger partial charge in [-0.1, -0.05) is 0 Å². The van der Waals surface area contributed by atoms with Crippen molar-refractivity contribution in [2.24, 2.45) is 0 Å². The number of nitrogens with zero attached hydrogens (tertiary/aromatic N) is 1. The lowest BCUT2D eigenvalue weighted by Crippen LogP contribution is -2.05. The minimum atomic E-state index is -0.489. The third-order valence-corrected chi connectivity index (χ3v) is 2.04. The predicted molar refractivity (Wildman–Crippen MR) is 68.8 cm³/mol. The molecule has 0 aliphatic rings. The fourth-order valence-electron chi connectivity index (χ4n) is 0.870. The summed E-state index contributed by atoms with van der Waals surface area (Å²) in [5, 5.41) is 12.8. The molecule has 1 aromatic carbocycles. The van der Waals surface area contributed by atoms with Crippen LogP contribution in [0.15, 0.2) is 24.3 Å². The predicted octanol–water partition coefficient (Wildman–Crippen LogP) is 3.02. The largest absolute Gasteiger partial charge is 0.326 e. The minimum absolute atomic E-state index is 0.00843. The molecule has 0 aliphatic heterocycles. The standard InChI is InChI=1S/C8H8N2O3.C2H4Cl2/c1-6(11)9-7-2-4-8(5-3-7)10(12)13;3-1-2-4/h2-5H,1H3,(H,9,11);1-2H2. The lowest BCUT2D eigenvalue weighted by atomic mass is 10.3. The quantitative estimate of drug-likeness (QED) is 0.525. The number of hydrogen-bond acceptors (Lipinski definition) is 3. The van der Waals surface area contributed by atoms with Crippen LogP contribution in [0.5, 0.6) is 0 Å². The van der Waals surface area contributed by atoms with Crippen LogP contribution < -0.4 is 5.32 Å². The maximum atomic E-state index is 10.6. The van der Waals surface area contributed by atoms with Gasteiger partial charge in [0.2, 0.25) is 5.91 Å². The summed E-state index contributed by atoms with van der Waals surface area (Å²) in [5.74, 6) is 0.914. The van der Waals surface area contributed by atoms with Crippen LogP contribution in [-0.4, -0.2) is 22.6 Å². The number of non-ortho nitro benzene ring substituents is 1. The number of hydrogen-bond donors (Lipinski definition) is 1. The van der Waals surface area contributed by atoms with E-state index in [4.69, 9.17) is 23.2 Å². The number of anilines is 1. The van der Waals surface area contributed by atoms with Crippen molar-refractivity contribution < 1.29 is 9.72 Å². The van der Waals surface area contributed by atoms with Crippen LogP contribution in [0.25, 0.3) is 0 Å². The van der Waals surface area contributed by atoms with E-state index >= 15 is 0 Å². The zero-order chi connectivity index (χ0) is 13.3. The van der Waals surface area contributed by atoms with Crippen LogP contribution in [-0.2, 0) is 4.79 Å². The lowest BCUT2D eigenvalue weighted by Gasteiger charge is -1.99. The first kappa shape index (κ1) is 15.7. The van der Waals surface area contributed by atoms with Crippen molar-refractivity contribution in [3.63, 3.8) is 0 Å². The van der Waals surface area contributed by atoms with Gasteiger partial charge in [-0.2, -0.15) is 0 Å². The first-order chi connectivity index (χ1) is 8.01. The maximum absolute atomic E-state index is 10.6. The van der Waals surface area contributed by atoms with E-state index < -0.39 is 4.92 Å². The fraction of sp³-hybridized carbons (Fsp3) is 0.300. The third kappa shape index (κ3) is 7.54. The van der Waals surface area contributed by atoms with Crippen molar-refractivity contribution in [2.75, 3.05) is 17.1 Å². The van der Waals surface area contributed by atoms with Gasteiger partial charge in [0.25, 0.3) is 5.69 Å². The highest BCUT2D eigenvalue weighted by atomic mass is 35.5. The summed E-state index contributed by atoms with van der Waals surface area (Å²) < 4.78 is 0. The van der Waals surface area contributed by atoms with E-state index in [9.17, 15) is 14.9 Å². The van der Waals surface area contributed by atoms with Crippen LogP contribution in [0.4, 0.5) is 11.4 Å². The average molecular weight is 279 g/mol. The number of nitro groups is 1. The Labute approximate surface area is 109 Å². The van der Waals surface area contributed by atoms with Gasteiger partial charge >= 0.3 is 0 Å². The number of amides is 1. The third-order valence-electron chi connectivity index (χ3n) is 1.47. The summed E-state index contributed by atoms with van der Waals surface area (Å²) in [6.45, 7) is 1.38. The number of nitro benzene ring substituents is 1. The van der Waals surface area contributed by atoms with Gasteiger partial charge in [-0.05, 0) is 12.1 Å². The van der Waals surface area contributed by atoms with Gasteiger partial charge in [-0.3, -0.25) is 14.9 Å². The Hall–Kier alpha value is -1.33. The van der Waals surface area contributed by atoms with E-state index in [-0.39, 0.29) is 11.6 Å². The van der Waals surface area contributed by atoms with Crippen LogP contribution >= 0.6 is 23.2 Å². The molecule has 0 bridgehead atoms. The second kappa shape index (κ2) is 8.78. The SMILES string of the molecule is CC(=O)Nc1ccc([N+](=O)[O-])cc1.ClCCCl. The second-order valence-corrected chi connectivity index (χ2v) is 3.62. The Kier molecular flexibility index (Phi) is 8.09. The van der Waals surface area contributed by atoms with Crippen molar-refractivity contribution in [3.05, 3.63) is 34.4 Å². The maximum Gasteiger partial charge on any atom is 0.269 e. The van der Waals surface area contributed by atoms with Gasteiger partial charge in [0.1, 0.15) is 0 Å². The lowest BCUT2D eigenvalue weighted by molar-refractivity contribution is -0.384. The smallest absolute Gasteiger partial charge is 0.269 e. The Balaban J connectivity index is 0.000000557. The van der Waals surface area contributed by atoms with E-state index in [0.717, 1.165) is 0 Å². The summed E-state index contributed by atoms with van der Waals surface area (Å²) in [4.78, 5) is 20.4. The summed E-state index contributed by atoms with van der Waals surface area (Å²) in [6, 6.07) is 5.65. The highest BCUT2D eigenvalue weighted by Crippen LogP contribution is 2.14. The fourth-order valence-corrected chi connectivity index (χ4v) is 0.870. The molecule has 94 valence electrons. The van der Waals surface area contributed by atoms with Gasteiger partial charge in [0.05, 0.1) is 4.92 Å². The number of carbonyl (C=O) groups is 1. The van der Waals surface area contributed by atoms with Crippen LogP contribution in [0, 0.1) is 10.1 Å². The molecule has 0 aromatic heterocycles. The molecule has 1 aromatic rings. The normalized spacial score (nSPS) is 8.88. The highest BCUT2D eigenvalue weighted by Gasteiger charge is 2.03. The molecule has 0 spiro atoms. The van der Waals surface area contributed by atoms with Gasteiger partial charge in [0, 0.05) is 36.5 Å². The zero-order valence-electron chi connectivity index (χ0n) is 9.15. The van der Waals surface area contributed by atoms with E-state index in [1.165, 1.54) is 31.2 Å². The molecular formula is C10H12Cl2N2O3. The monoisotopic (exact) mass is 278 g/mol. The van der Waals surface area contributed by atoms with Crippen molar-refractivity contribution in [1.29, 1.82) is 0 Å². The number of benzene rings is 1. The molecule has 17 heavy (non-hydrogen) atoms. The van der Waals surface area contributed by atoms with Crippen molar-refractivity contribution >= 4 is 40.5 Å². The van der Waals surface area contributed by atoms with Crippen molar-refractivity contribution in [1.82, 2.24) is 0 Å². The van der Waals surface area contributed by atoms with E-state index in [2.05, 4.69) is 5.32 Å². The molecule has 0 aliphatic carbocycles. The number of alkyl halides is 2. The van der Waals surface area contributed by atoms with Crippen LogP contribution in [0.2, 0.25) is 0 Å². The van der Waals surface area contributed by atoms with E-state index in [1.54, 1.807) is 0 Å². The van der Waals surface area contributed by atoms with Gasteiger partial charge in [0.15, 0.2) is 0 Å². The Morgan fingerprint density at radius 3 is 2.06 bits per heavy atom. The Morgan fingerprint density at radius 2 is 1.76 bits per heavy atom. The molecule has 0 heterocycles. The summed E-state index contributed by atoms with van der Waals surface area (Å²) in [7, 11) is 0. The Morgan fingerprint density at radius 1 is 1.29 bits per heavy atom. The van der Waals surface area contributed by atoms with Crippen molar-refractivity contribution in [3.8, 4) is 0 Å². The molecule has 0 unspecified atom stereocenters. The minimum Gasteiger partial charge on any atom is -0.326 e. The van der Waals surface area contributed by atoms with Gasteiger partial charge < -0.3 is 5.32 Å². The molecule has 0 saturated heterocycles.